The predicted molar refractivity (Wildman–Crippen MR) is 102 cm³/mol. The third-order valence-electron chi connectivity index (χ3n) is 4.04. The third-order valence-corrected chi connectivity index (χ3v) is 4.04. The van der Waals surface area contributed by atoms with Crippen LogP contribution >= 0.6 is 0 Å². The molecular weight excluding hydrogens is 332 g/mol. The summed E-state index contributed by atoms with van der Waals surface area (Å²) in [6.07, 6.45) is 0. The zero-order valence-corrected chi connectivity index (χ0v) is 16.4. The van der Waals surface area contributed by atoms with Crippen LogP contribution in [0.3, 0.4) is 0 Å². The van der Waals surface area contributed by atoms with Crippen molar-refractivity contribution >= 4 is 5.96 Å². The van der Waals surface area contributed by atoms with Gasteiger partial charge in [0.15, 0.2) is 5.96 Å². The highest BCUT2D eigenvalue weighted by Crippen LogP contribution is 2.25. The normalized spacial score (nSPS) is 11.4. The molecule has 2 aromatic rings. The summed E-state index contributed by atoms with van der Waals surface area (Å²) >= 11 is 0. The Bertz CT molecular complexity index is 736. The maximum absolute atomic E-state index is 5.60. The van der Waals surface area contributed by atoms with E-state index in [4.69, 9.17) is 13.9 Å². The van der Waals surface area contributed by atoms with Gasteiger partial charge in [0.05, 0.1) is 19.9 Å². The van der Waals surface area contributed by atoms with Gasteiger partial charge in [0.1, 0.15) is 23.8 Å². The molecule has 1 heterocycles. The second-order valence-electron chi connectivity index (χ2n) is 5.95. The van der Waals surface area contributed by atoms with Gasteiger partial charge < -0.3 is 24.1 Å². The molecule has 0 bridgehead atoms. The highest BCUT2D eigenvalue weighted by atomic mass is 16.5. The largest absolute Gasteiger partial charge is 0.497 e. The van der Waals surface area contributed by atoms with E-state index in [1.165, 1.54) is 0 Å². The van der Waals surface area contributed by atoms with Crippen LogP contribution in [0.15, 0.2) is 27.6 Å². The van der Waals surface area contributed by atoms with E-state index in [0.717, 1.165) is 41.0 Å². The lowest BCUT2D eigenvalue weighted by molar-refractivity contribution is 0.382. The summed E-state index contributed by atoms with van der Waals surface area (Å²) in [5.74, 6) is 3.77. The van der Waals surface area contributed by atoms with Crippen molar-refractivity contribution in [3.05, 3.63) is 41.1 Å². The number of oxazole rings is 1. The van der Waals surface area contributed by atoms with Crippen molar-refractivity contribution in [1.82, 2.24) is 15.2 Å². The lowest BCUT2D eigenvalue weighted by Gasteiger charge is -2.23. The molecule has 0 saturated heterocycles. The molecule has 2 rings (SSSR count). The van der Waals surface area contributed by atoms with Crippen LogP contribution in [0.1, 0.15) is 29.8 Å². The number of aryl methyl sites for hydroxylation is 2. The number of benzene rings is 1. The van der Waals surface area contributed by atoms with E-state index in [-0.39, 0.29) is 0 Å². The molecule has 0 unspecified atom stereocenters. The monoisotopic (exact) mass is 360 g/mol. The number of ether oxygens (including phenoxy) is 2. The SMILES string of the molecule is CCNC(=NCc1nc(C)c(C)o1)N(C)Cc1ccc(OC)cc1OC. The molecule has 0 aliphatic rings. The van der Waals surface area contributed by atoms with Gasteiger partial charge >= 0.3 is 0 Å². The van der Waals surface area contributed by atoms with E-state index in [1.807, 2.05) is 50.9 Å². The molecular formula is C19H28N4O3. The summed E-state index contributed by atoms with van der Waals surface area (Å²) in [7, 11) is 5.28. The highest BCUT2D eigenvalue weighted by Gasteiger charge is 2.12. The summed E-state index contributed by atoms with van der Waals surface area (Å²) in [6.45, 7) is 7.68. The molecule has 0 fully saturated rings. The predicted octanol–water partition coefficient (Wildman–Crippen LogP) is 2.91. The smallest absolute Gasteiger partial charge is 0.216 e. The minimum atomic E-state index is 0.390. The van der Waals surface area contributed by atoms with E-state index < -0.39 is 0 Å². The highest BCUT2D eigenvalue weighted by molar-refractivity contribution is 5.79. The average Bonchev–Trinajstić information content (AvgIpc) is 2.96. The number of nitrogens with one attached hydrogen (secondary N) is 1. The molecule has 0 aliphatic carbocycles. The Morgan fingerprint density at radius 1 is 1.27 bits per heavy atom. The number of hydrogen-bond acceptors (Lipinski definition) is 5. The molecule has 1 N–H and O–H groups in total. The Morgan fingerprint density at radius 2 is 2.04 bits per heavy atom. The molecule has 7 nitrogen and oxygen atoms in total. The molecule has 1 aromatic heterocycles. The molecule has 0 amide bonds. The van der Waals surface area contributed by atoms with Crippen LogP contribution in [-0.2, 0) is 13.1 Å². The van der Waals surface area contributed by atoms with Gasteiger partial charge in [0, 0.05) is 31.8 Å². The number of aromatic nitrogens is 1. The molecule has 142 valence electrons. The fraction of sp³-hybridized carbons (Fsp3) is 0.474. The Labute approximate surface area is 155 Å². The molecule has 26 heavy (non-hydrogen) atoms. The number of methoxy groups -OCH3 is 2. The molecule has 7 heteroatoms. The van der Waals surface area contributed by atoms with Crippen molar-refractivity contribution in [2.75, 3.05) is 27.8 Å². The molecule has 0 saturated carbocycles. The molecule has 1 aromatic carbocycles. The van der Waals surface area contributed by atoms with Crippen molar-refractivity contribution in [3.8, 4) is 11.5 Å². The maximum Gasteiger partial charge on any atom is 0.216 e. The molecule has 0 aliphatic heterocycles. The quantitative estimate of drug-likeness (QED) is 0.605. The summed E-state index contributed by atoms with van der Waals surface area (Å²) in [4.78, 5) is 11.0. The fourth-order valence-corrected chi connectivity index (χ4v) is 2.53. The van der Waals surface area contributed by atoms with Crippen LogP contribution in [-0.4, -0.2) is 43.7 Å². The van der Waals surface area contributed by atoms with Crippen LogP contribution in [0.4, 0.5) is 0 Å². The number of nitrogens with zero attached hydrogens (tertiary/aromatic N) is 3. The Morgan fingerprint density at radius 3 is 2.62 bits per heavy atom. The summed E-state index contributed by atoms with van der Waals surface area (Å²) < 4.78 is 16.3. The van der Waals surface area contributed by atoms with Gasteiger partial charge in [-0.1, -0.05) is 0 Å². The lowest BCUT2D eigenvalue weighted by atomic mass is 10.2. The first kappa shape index (κ1) is 19.6. The minimum absolute atomic E-state index is 0.390. The van der Waals surface area contributed by atoms with Crippen molar-refractivity contribution < 1.29 is 13.9 Å². The number of rotatable bonds is 7. The Hall–Kier alpha value is -2.70. The summed E-state index contributed by atoms with van der Waals surface area (Å²) in [6, 6.07) is 5.80. The number of hydrogen-bond donors (Lipinski definition) is 1. The van der Waals surface area contributed by atoms with Gasteiger partial charge in [-0.3, -0.25) is 0 Å². The Balaban J connectivity index is 2.14. The first-order valence-corrected chi connectivity index (χ1v) is 8.61. The van der Waals surface area contributed by atoms with Crippen molar-refractivity contribution in [2.45, 2.75) is 33.9 Å². The van der Waals surface area contributed by atoms with Gasteiger partial charge in [-0.2, -0.15) is 0 Å². The van der Waals surface area contributed by atoms with E-state index in [2.05, 4.69) is 15.3 Å². The van der Waals surface area contributed by atoms with Crippen LogP contribution in [0, 0.1) is 13.8 Å². The second kappa shape index (κ2) is 9.12. The van der Waals surface area contributed by atoms with Gasteiger partial charge in [-0.05, 0) is 32.9 Å². The maximum atomic E-state index is 5.60. The average molecular weight is 360 g/mol. The first-order valence-electron chi connectivity index (χ1n) is 8.61. The van der Waals surface area contributed by atoms with Gasteiger partial charge in [-0.25, -0.2) is 9.98 Å². The van der Waals surface area contributed by atoms with Crippen LogP contribution in [0.5, 0.6) is 11.5 Å². The zero-order chi connectivity index (χ0) is 19.1. The van der Waals surface area contributed by atoms with Crippen LogP contribution < -0.4 is 14.8 Å². The fourth-order valence-electron chi connectivity index (χ4n) is 2.53. The minimum Gasteiger partial charge on any atom is -0.497 e. The molecule has 0 atom stereocenters. The Kier molecular flexibility index (Phi) is 6.89. The van der Waals surface area contributed by atoms with Gasteiger partial charge in [0.2, 0.25) is 5.89 Å². The summed E-state index contributed by atoms with van der Waals surface area (Å²) in [5.41, 5.74) is 1.95. The lowest BCUT2D eigenvalue weighted by Crippen LogP contribution is -2.38. The van der Waals surface area contributed by atoms with Crippen LogP contribution in [0.2, 0.25) is 0 Å². The topological polar surface area (TPSA) is 72.1 Å². The molecule has 0 spiro atoms. The van der Waals surface area contributed by atoms with E-state index >= 15 is 0 Å². The first-order chi connectivity index (χ1) is 12.5. The van der Waals surface area contributed by atoms with E-state index in [0.29, 0.717) is 19.0 Å². The standard InChI is InChI=1S/C19H28N4O3/c1-7-20-19(21-11-18-22-13(2)14(3)26-18)23(4)12-15-8-9-16(24-5)10-17(15)25-6/h8-10H,7,11-12H2,1-6H3,(H,20,21). The second-order valence-corrected chi connectivity index (χ2v) is 5.95. The third kappa shape index (κ3) is 4.91. The number of guanidine groups is 1. The van der Waals surface area contributed by atoms with E-state index in [1.54, 1.807) is 14.2 Å². The van der Waals surface area contributed by atoms with E-state index in [9.17, 15) is 0 Å². The van der Waals surface area contributed by atoms with Crippen molar-refractivity contribution in [1.29, 1.82) is 0 Å². The zero-order valence-electron chi connectivity index (χ0n) is 16.4. The van der Waals surface area contributed by atoms with Gasteiger partial charge in [-0.15, -0.1) is 0 Å². The molecule has 0 radical (unpaired) electrons. The number of aliphatic imine (C=N–C) groups is 1. The van der Waals surface area contributed by atoms with Crippen molar-refractivity contribution in [3.63, 3.8) is 0 Å². The summed E-state index contributed by atoms with van der Waals surface area (Å²) in [5, 5.41) is 3.30. The van der Waals surface area contributed by atoms with Crippen LogP contribution in [0.25, 0.3) is 0 Å². The van der Waals surface area contributed by atoms with Gasteiger partial charge in [0.25, 0.3) is 0 Å². The van der Waals surface area contributed by atoms with Crippen molar-refractivity contribution in [2.24, 2.45) is 4.99 Å².